The van der Waals surface area contributed by atoms with Crippen LogP contribution in [-0.4, -0.2) is 43.8 Å². The van der Waals surface area contributed by atoms with Gasteiger partial charge < -0.3 is 4.90 Å². The van der Waals surface area contributed by atoms with Gasteiger partial charge in [0.2, 0.25) is 0 Å². The average Bonchev–Trinajstić information content (AvgIpc) is 3.15. The lowest BCUT2D eigenvalue weighted by Crippen LogP contribution is -2.39. The molecule has 1 saturated heterocycles. The van der Waals surface area contributed by atoms with E-state index in [-0.39, 0.29) is 11.8 Å². The number of rotatable bonds is 2. The first-order chi connectivity index (χ1) is 11.7. The highest BCUT2D eigenvalue weighted by molar-refractivity contribution is 7.07. The summed E-state index contributed by atoms with van der Waals surface area (Å²) in [4.78, 5) is 32.1. The molecule has 0 N–H and O–H groups in total. The molecule has 0 saturated carbocycles. The van der Waals surface area contributed by atoms with Gasteiger partial charge in [-0.1, -0.05) is 0 Å². The molecule has 0 radical (unpaired) electrons. The molecule has 0 aliphatic carbocycles. The number of thiazole rings is 1. The highest BCUT2D eigenvalue weighted by atomic mass is 32.1. The molecular formula is C17H17N5OS. The first kappa shape index (κ1) is 15.1. The topological polar surface area (TPSA) is 71.9 Å². The fraction of sp³-hybridized carbons (Fsp3) is 0.353. The third-order valence-electron chi connectivity index (χ3n) is 4.36. The van der Waals surface area contributed by atoms with Crippen molar-refractivity contribution in [3.63, 3.8) is 0 Å². The molecular weight excluding hydrogens is 322 g/mol. The summed E-state index contributed by atoms with van der Waals surface area (Å²) in [5, 5.41) is 2.79. The van der Waals surface area contributed by atoms with E-state index in [0.717, 1.165) is 41.9 Å². The number of carbonyl (C=O) groups is 1. The van der Waals surface area contributed by atoms with Gasteiger partial charge in [0, 0.05) is 36.0 Å². The SMILES string of the molecule is Cc1nc(C2CCCN(C(=O)c3cscn3)C2)c2cccnc2n1. The van der Waals surface area contributed by atoms with Gasteiger partial charge in [0.05, 0.1) is 11.2 Å². The monoisotopic (exact) mass is 339 g/mol. The predicted molar refractivity (Wildman–Crippen MR) is 92.1 cm³/mol. The highest BCUT2D eigenvalue weighted by Crippen LogP contribution is 2.30. The molecule has 1 aliphatic rings. The van der Waals surface area contributed by atoms with Crippen molar-refractivity contribution in [3.8, 4) is 0 Å². The van der Waals surface area contributed by atoms with Gasteiger partial charge in [-0.2, -0.15) is 0 Å². The van der Waals surface area contributed by atoms with E-state index in [1.54, 1.807) is 17.1 Å². The van der Waals surface area contributed by atoms with E-state index >= 15 is 0 Å². The summed E-state index contributed by atoms with van der Waals surface area (Å²) in [6, 6.07) is 3.92. The van der Waals surface area contributed by atoms with Crippen LogP contribution in [-0.2, 0) is 0 Å². The van der Waals surface area contributed by atoms with Crippen molar-refractivity contribution < 1.29 is 4.79 Å². The van der Waals surface area contributed by atoms with Gasteiger partial charge in [-0.25, -0.2) is 19.9 Å². The van der Waals surface area contributed by atoms with Crippen molar-refractivity contribution in [2.75, 3.05) is 13.1 Å². The second-order valence-electron chi connectivity index (χ2n) is 5.99. The van der Waals surface area contributed by atoms with Crippen LogP contribution in [0.4, 0.5) is 0 Å². The van der Waals surface area contributed by atoms with Crippen LogP contribution >= 0.6 is 11.3 Å². The number of likely N-dealkylation sites (tertiary alicyclic amines) is 1. The number of pyridine rings is 1. The molecule has 4 rings (SSSR count). The van der Waals surface area contributed by atoms with Gasteiger partial charge >= 0.3 is 0 Å². The number of hydrogen-bond acceptors (Lipinski definition) is 6. The van der Waals surface area contributed by atoms with E-state index in [4.69, 9.17) is 0 Å². The molecule has 0 bridgehead atoms. The van der Waals surface area contributed by atoms with Crippen LogP contribution in [0, 0.1) is 6.92 Å². The quantitative estimate of drug-likeness (QED) is 0.718. The summed E-state index contributed by atoms with van der Waals surface area (Å²) < 4.78 is 0. The Balaban J connectivity index is 1.66. The zero-order valence-corrected chi connectivity index (χ0v) is 14.2. The Kier molecular flexibility index (Phi) is 3.93. The largest absolute Gasteiger partial charge is 0.337 e. The lowest BCUT2D eigenvalue weighted by molar-refractivity contribution is 0.0701. The number of fused-ring (bicyclic) bond motifs is 1. The van der Waals surface area contributed by atoms with E-state index < -0.39 is 0 Å². The Hall–Kier alpha value is -2.41. The zero-order chi connectivity index (χ0) is 16.5. The first-order valence-corrected chi connectivity index (χ1v) is 8.93. The number of hydrogen-bond donors (Lipinski definition) is 0. The van der Waals surface area contributed by atoms with Crippen molar-refractivity contribution in [1.82, 2.24) is 24.8 Å². The van der Waals surface area contributed by atoms with E-state index in [1.807, 2.05) is 24.0 Å². The number of piperidine rings is 1. The van der Waals surface area contributed by atoms with Gasteiger partial charge in [0.1, 0.15) is 11.5 Å². The summed E-state index contributed by atoms with van der Waals surface area (Å²) in [6.07, 6.45) is 3.73. The van der Waals surface area contributed by atoms with Crippen molar-refractivity contribution in [2.45, 2.75) is 25.7 Å². The Labute approximate surface area is 143 Å². The third-order valence-corrected chi connectivity index (χ3v) is 4.95. The molecule has 1 amide bonds. The normalized spacial score (nSPS) is 18.0. The summed E-state index contributed by atoms with van der Waals surface area (Å²) in [6.45, 7) is 3.32. The molecule has 1 fully saturated rings. The average molecular weight is 339 g/mol. The van der Waals surface area contributed by atoms with Crippen LogP contribution in [0.5, 0.6) is 0 Å². The zero-order valence-electron chi connectivity index (χ0n) is 13.3. The maximum absolute atomic E-state index is 12.6. The number of aromatic nitrogens is 4. The molecule has 122 valence electrons. The predicted octanol–water partition coefficient (Wildman–Crippen LogP) is 2.81. The lowest BCUT2D eigenvalue weighted by atomic mass is 9.92. The molecule has 0 spiro atoms. The molecule has 1 unspecified atom stereocenters. The van der Waals surface area contributed by atoms with Crippen molar-refractivity contribution in [2.24, 2.45) is 0 Å². The van der Waals surface area contributed by atoms with Crippen LogP contribution in [0.1, 0.15) is 40.8 Å². The number of aryl methyl sites for hydroxylation is 1. The van der Waals surface area contributed by atoms with Gasteiger partial charge in [-0.05, 0) is 31.9 Å². The minimum atomic E-state index is 0.00848. The van der Waals surface area contributed by atoms with Crippen LogP contribution in [0.15, 0.2) is 29.2 Å². The fourth-order valence-corrected chi connectivity index (χ4v) is 3.80. The smallest absolute Gasteiger partial charge is 0.273 e. The third kappa shape index (κ3) is 2.75. The summed E-state index contributed by atoms with van der Waals surface area (Å²) in [5.41, 5.74) is 3.96. The minimum Gasteiger partial charge on any atom is -0.337 e. The molecule has 24 heavy (non-hydrogen) atoms. The Morgan fingerprint density at radius 1 is 1.33 bits per heavy atom. The fourth-order valence-electron chi connectivity index (χ4n) is 3.27. The Morgan fingerprint density at radius 2 is 2.25 bits per heavy atom. The van der Waals surface area contributed by atoms with Crippen molar-refractivity contribution >= 4 is 28.3 Å². The van der Waals surface area contributed by atoms with Gasteiger partial charge in [-0.15, -0.1) is 11.3 Å². The van der Waals surface area contributed by atoms with Crippen molar-refractivity contribution in [1.29, 1.82) is 0 Å². The molecule has 1 aliphatic heterocycles. The second kappa shape index (κ2) is 6.24. The highest BCUT2D eigenvalue weighted by Gasteiger charge is 2.28. The Morgan fingerprint density at radius 3 is 3.08 bits per heavy atom. The van der Waals surface area contributed by atoms with Gasteiger partial charge in [0.25, 0.3) is 5.91 Å². The van der Waals surface area contributed by atoms with Crippen LogP contribution in [0.25, 0.3) is 11.0 Å². The summed E-state index contributed by atoms with van der Waals surface area (Å²) >= 11 is 1.45. The van der Waals surface area contributed by atoms with E-state index in [9.17, 15) is 4.79 Å². The second-order valence-corrected chi connectivity index (χ2v) is 6.71. The Bertz CT molecular complexity index is 880. The maximum Gasteiger partial charge on any atom is 0.273 e. The summed E-state index contributed by atoms with van der Waals surface area (Å²) in [5.74, 6) is 0.933. The van der Waals surface area contributed by atoms with Crippen LogP contribution in [0.2, 0.25) is 0 Å². The van der Waals surface area contributed by atoms with Gasteiger partial charge in [-0.3, -0.25) is 4.79 Å². The molecule has 3 aromatic heterocycles. The molecule has 1 atom stereocenters. The first-order valence-electron chi connectivity index (χ1n) is 7.99. The molecule has 0 aromatic carbocycles. The van der Waals surface area contributed by atoms with Gasteiger partial charge in [0.15, 0.2) is 5.65 Å². The molecule has 4 heterocycles. The molecule has 6 nitrogen and oxygen atoms in total. The number of carbonyl (C=O) groups excluding carboxylic acids is 1. The van der Waals surface area contributed by atoms with Crippen molar-refractivity contribution in [3.05, 3.63) is 46.4 Å². The van der Waals surface area contributed by atoms with Crippen LogP contribution in [0.3, 0.4) is 0 Å². The molecule has 3 aromatic rings. The summed E-state index contributed by atoms with van der Waals surface area (Å²) in [7, 11) is 0. The lowest BCUT2D eigenvalue weighted by Gasteiger charge is -2.32. The van der Waals surface area contributed by atoms with E-state index in [2.05, 4.69) is 19.9 Å². The number of amides is 1. The minimum absolute atomic E-state index is 0.00848. The maximum atomic E-state index is 12.6. The number of nitrogens with zero attached hydrogens (tertiary/aromatic N) is 5. The van der Waals surface area contributed by atoms with E-state index in [1.165, 1.54) is 11.3 Å². The van der Waals surface area contributed by atoms with E-state index in [0.29, 0.717) is 12.2 Å². The standard InChI is InChI=1S/C17H17N5OS/c1-11-20-15(13-5-2-6-18-16(13)21-11)12-4-3-7-22(8-12)17(23)14-9-24-10-19-14/h2,5-6,9-10,12H,3-4,7-8H2,1H3. The van der Waals surface area contributed by atoms with Crippen LogP contribution < -0.4 is 0 Å². The molecule has 7 heteroatoms.